The molecule has 0 saturated heterocycles. The zero-order valence-corrected chi connectivity index (χ0v) is 10.3. The molecule has 0 spiro atoms. The summed E-state index contributed by atoms with van der Waals surface area (Å²) in [5.41, 5.74) is 6.48. The van der Waals surface area contributed by atoms with Gasteiger partial charge in [0.15, 0.2) is 0 Å². The van der Waals surface area contributed by atoms with E-state index in [0.717, 1.165) is 10.9 Å². The molecule has 82 valence electrons. The second kappa shape index (κ2) is 5.88. The fourth-order valence-corrected chi connectivity index (χ4v) is 1.49. The maximum absolute atomic E-state index is 11.2. The van der Waals surface area contributed by atoms with Gasteiger partial charge in [0, 0.05) is 18.1 Å². The lowest BCUT2D eigenvalue weighted by Crippen LogP contribution is -2.34. The number of halogens is 1. The Balaban J connectivity index is 2.43. The van der Waals surface area contributed by atoms with E-state index in [9.17, 15) is 4.79 Å². The number of hydrogen-bond acceptors (Lipinski definition) is 2. The Labute approximate surface area is 98.4 Å². The Kier molecular flexibility index (Phi) is 4.78. The molecule has 1 amide bonds. The molecule has 0 radical (unpaired) electrons. The van der Waals surface area contributed by atoms with Gasteiger partial charge in [0.1, 0.15) is 0 Å². The molecular formula is C11H15BrN2O. The number of nitrogens with zero attached hydrogens (tertiary/aromatic N) is 1. The highest BCUT2D eigenvalue weighted by atomic mass is 79.9. The van der Waals surface area contributed by atoms with E-state index in [1.165, 1.54) is 5.56 Å². The van der Waals surface area contributed by atoms with Gasteiger partial charge in [-0.25, -0.2) is 0 Å². The summed E-state index contributed by atoms with van der Waals surface area (Å²) in [5, 5.41) is 0. The van der Waals surface area contributed by atoms with Crippen LogP contribution in [0.25, 0.3) is 0 Å². The summed E-state index contributed by atoms with van der Waals surface area (Å²) in [5.74, 6) is -0.0212. The van der Waals surface area contributed by atoms with Crippen molar-refractivity contribution in [3.63, 3.8) is 0 Å². The van der Waals surface area contributed by atoms with Crippen LogP contribution in [0.15, 0.2) is 28.7 Å². The minimum absolute atomic E-state index is 0.0212. The first-order valence-electron chi connectivity index (χ1n) is 4.82. The van der Waals surface area contributed by atoms with Crippen molar-refractivity contribution in [3.05, 3.63) is 34.3 Å². The van der Waals surface area contributed by atoms with E-state index in [1.807, 2.05) is 24.3 Å². The third-order valence-corrected chi connectivity index (χ3v) is 2.78. The number of hydrogen-bond donors (Lipinski definition) is 1. The number of carbonyl (C=O) groups is 1. The molecule has 0 heterocycles. The van der Waals surface area contributed by atoms with E-state index in [1.54, 1.807) is 11.9 Å². The van der Waals surface area contributed by atoms with Crippen LogP contribution in [0.5, 0.6) is 0 Å². The van der Waals surface area contributed by atoms with E-state index in [4.69, 9.17) is 5.73 Å². The van der Waals surface area contributed by atoms with Gasteiger partial charge in [-0.2, -0.15) is 0 Å². The van der Waals surface area contributed by atoms with Crippen molar-refractivity contribution in [3.8, 4) is 0 Å². The minimum Gasteiger partial charge on any atom is -0.344 e. The molecule has 0 aliphatic carbocycles. The Morgan fingerprint density at radius 1 is 1.40 bits per heavy atom. The second-order valence-electron chi connectivity index (χ2n) is 3.40. The van der Waals surface area contributed by atoms with Gasteiger partial charge in [-0.05, 0) is 24.1 Å². The Bertz CT molecular complexity index is 324. The highest BCUT2D eigenvalue weighted by Gasteiger charge is 2.05. The topological polar surface area (TPSA) is 46.3 Å². The van der Waals surface area contributed by atoms with Crippen LogP contribution < -0.4 is 5.73 Å². The standard InChI is InChI=1S/C11H15BrN2O/c1-14(11(15)8-13)7-6-9-2-4-10(12)5-3-9/h2-5H,6-8,13H2,1H3. The van der Waals surface area contributed by atoms with Crippen molar-refractivity contribution in [2.75, 3.05) is 20.1 Å². The number of benzene rings is 1. The molecule has 3 nitrogen and oxygen atoms in total. The summed E-state index contributed by atoms with van der Waals surface area (Å²) in [6.07, 6.45) is 0.857. The summed E-state index contributed by atoms with van der Waals surface area (Å²) in [6.45, 7) is 0.786. The highest BCUT2D eigenvalue weighted by Crippen LogP contribution is 2.10. The lowest BCUT2D eigenvalue weighted by atomic mass is 10.1. The smallest absolute Gasteiger partial charge is 0.236 e. The average Bonchev–Trinajstić information content (AvgIpc) is 2.26. The predicted octanol–water partition coefficient (Wildman–Crippen LogP) is 1.41. The molecule has 0 unspecified atom stereocenters. The molecule has 4 heteroatoms. The summed E-state index contributed by atoms with van der Waals surface area (Å²) in [4.78, 5) is 12.8. The summed E-state index contributed by atoms with van der Waals surface area (Å²) >= 11 is 3.38. The molecule has 0 aliphatic rings. The first kappa shape index (κ1) is 12.2. The van der Waals surface area contributed by atoms with Crippen molar-refractivity contribution in [2.45, 2.75) is 6.42 Å². The Morgan fingerprint density at radius 3 is 2.53 bits per heavy atom. The van der Waals surface area contributed by atoms with Gasteiger partial charge in [0.25, 0.3) is 0 Å². The number of nitrogens with two attached hydrogens (primary N) is 1. The maximum atomic E-state index is 11.2. The van der Waals surface area contributed by atoms with Gasteiger partial charge in [-0.1, -0.05) is 28.1 Å². The normalized spacial score (nSPS) is 10.1. The van der Waals surface area contributed by atoms with Crippen LogP contribution in [-0.4, -0.2) is 30.9 Å². The largest absolute Gasteiger partial charge is 0.344 e. The molecule has 0 aromatic heterocycles. The number of likely N-dealkylation sites (N-methyl/N-ethyl adjacent to an activating group) is 1. The average molecular weight is 271 g/mol. The Hall–Kier alpha value is -0.870. The number of amides is 1. The van der Waals surface area contributed by atoms with E-state index in [2.05, 4.69) is 15.9 Å². The second-order valence-corrected chi connectivity index (χ2v) is 4.31. The van der Waals surface area contributed by atoms with Crippen LogP contribution in [-0.2, 0) is 11.2 Å². The third-order valence-electron chi connectivity index (χ3n) is 2.25. The third kappa shape index (κ3) is 4.01. The van der Waals surface area contributed by atoms with Crippen LogP contribution in [0, 0.1) is 0 Å². The van der Waals surface area contributed by atoms with Crippen molar-refractivity contribution in [1.82, 2.24) is 4.90 Å². The maximum Gasteiger partial charge on any atom is 0.236 e. The van der Waals surface area contributed by atoms with Crippen molar-refractivity contribution in [1.29, 1.82) is 0 Å². The molecule has 1 aromatic rings. The minimum atomic E-state index is -0.0212. The van der Waals surface area contributed by atoms with Gasteiger partial charge in [-0.15, -0.1) is 0 Å². The van der Waals surface area contributed by atoms with Crippen LogP contribution in [0.4, 0.5) is 0 Å². The van der Waals surface area contributed by atoms with Gasteiger partial charge >= 0.3 is 0 Å². The van der Waals surface area contributed by atoms with Gasteiger partial charge < -0.3 is 10.6 Å². The number of carbonyl (C=O) groups excluding carboxylic acids is 1. The van der Waals surface area contributed by atoms with Crippen LogP contribution in [0.3, 0.4) is 0 Å². The molecule has 0 atom stereocenters. The molecule has 0 aliphatic heterocycles. The van der Waals surface area contributed by atoms with Gasteiger partial charge in [0.2, 0.25) is 5.91 Å². The molecule has 1 rings (SSSR count). The van der Waals surface area contributed by atoms with E-state index in [0.29, 0.717) is 6.54 Å². The molecule has 2 N–H and O–H groups in total. The Morgan fingerprint density at radius 2 is 2.00 bits per heavy atom. The highest BCUT2D eigenvalue weighted by molar-refractivity contribution is 9.10. The molecule has 15 heavy (non-hydrogen) atoms. The molecular weight excluding hydrogens is 256 g/mol. The van der Waals surface area contributed by atoms with Crippen LogP contribution in [0.1, 0.15) is 5.56 Å². The van der Waals surface area contributed by atoms with Crippen LogP contribution >= 0.6 is 15.9 Å². The summed E-state index contributed by atoms with van der Waals surface area (Å²) in [7, 11) is 1.77. The fourth-order valence-electron chi connectivity index (χ4n) is 1.23. The van der Waals surface area contributed by atoms with Crippen molar-refractivity contribution < 1.29 is 4.79 Å². The van der Waals surface area contributed by atoms with Crippen molar-refractivity contribution >= 4 is 21.8 Å². The molecule has 1 aromatic carbocycles. The van der Waals surface area contributed by atoms with E-state index >= 15 is 0 Å². The number of rotatable bonds is 4. The van der Waals surface area contributed by atoms with Crippen LogP contribution in [0.2, 0.25) is 0 Å². The predicted molar refractivity (Wildman–Crippen MR) is 64.5 cm³/mol. The quantitative estimate of drug-likeness (QED) is 0.900. The first-order valence-corrected chi connectivity index (χ1v) is 5.61. The van der Waals surface area contributed by atoms with Gasteiger partial charge in [-0.3, -0.25) is 4.79 Å². The lowest BCUT2D eigenvalue weighted by Gasteiger charge is -2.15. The van der Waals surface area contributed by atoms with E-state index in [-0.39, 0.29) is 12.5 Å². The summed E-state index contributed by atoms with van der Waals surface area (Å²) in [6, 6.07) is 8.09. The van der Waals surface area contributed by atoms with Gasteiger partial charge in [0.05, 0.1) is 6.54 Å². The summed E-state index contributed by atoms with van der Waals surface area (Å²) < 4.78 is 1.07. The molecule has 0 saturated carbocycles. The SMILES string of the molecule is CN(CCc1ccc(Br)cc1)C(=O)CN. The fraction of sp³-hybridized carbons (Fsp3) is 0.364. The monoisotopic (exact) mass is 270 g/mol. The zero-order valence-electron chi connectivity index (χ0n) is 8.74. The molecule has 0 bridgehead atoms. The molecule has 0 fully saturated rings. The van der Waals surface area contributed by atoms with Crippen molar-refractivity contribution in [2.24, 2.45) is 5.73 Å². The zero-order chi connectivity index (χ0) is 11.3. The first-order chi connectivity index (χ1) is 7.13. The lowest BCUT2D eigenvalue weighted by molar-refractivity contribution is -0.128. The van der Waals surface area contributed by atoms with E-state index < -0.39 is 0 Å².